The second-order valence-electron chi connectivity index (χ2n) is 4.42. The Hall–Kier alpha value is -1.19. The van der Waals surface area contributed by atoms with Gasteiger partial charge in [-0.1, -0.05) is 39.0 Å². The highest BCUT2D eigenvalue weighted by molar-refractivity contribution is 5.34. The molecule has 4 heteroatoms. The van der Waals surface area contributed by atoms with Gasteiger partial charge in [0.25, 0.3) is 0 Å². The summed E-state index contributed by atoms with van der Waals surface area (Å²) in [6, 6.07) is 5.30. The maximum Gasteiger partial charge on any atom is 0.573 e. The molecule has 0 aliphatic rings. The van der Waals surface area contributed by atoms with E-state index in [4.69, 9.17) is 2.74 Å². The van der Waals surface area contributed by atoms with Crippen LogP contribution in [0.15, 0.2) is 24.3 Å². The lowest BCUT2D eigenvalue weighted by Crippen LogP contribution is -2.19. The van der Waals surface area contributed by atoms with E-state index in [0.29, 0.717) is 0 Å². The van der Waals surface area contributed by atoms with E-state index in [-0.39, 0.29) is 5.56 Å². The van der Waals surface area contributed by atoms with Crippen molar-refractivity contribution >= 4 is 0 Å². The zero-order chi connectivity index (χ0) is 14.2. The van der Waals surface area contributed by atoms with Gasteiger partial charge >= 0.3 is 6.36 Å². The third-order valence-corrected chi connectivity index (χ3v) is 1.62. The third-order valence-electron chi connectivity index (χ3n) is 1.62. The maximum atomic E-state index is 12.3. The van der Waals surface area contributed by atoms with E-state index in [1.165, 1.54) is 18.2 Å². The number of rotatable bonds is 2. The van der Waals surface area contributed by atoms with E-state index in [2.05, 4.69) is 4.74 Å². The van der Waals surface area contributed by atoms with Crippen molar-refractivity contribution in [3.63, 3.8) is 0 Å². The number of hydrogen-bond acceptors (Lipinski definition) is 1. The molecule has 0 unspecified atom stereocenters. The highest BCUT2D eigenvalue weighted by atomic mass is 19.4. The van der Waals surface area contributed by atoms with Gasteiger partial charge in [0.05, 0.1) is 0 Å². The Morgan fingerprint density at radius 2 is 1.75 bits per heavy atom. The molecule has 0 N–H and O–H groups in total. The molecule has 1 rings (SSSR count). The molecule has 0 aromatic heterocycles. The summed E-state index contributed by atoms with van der Waals surface area (Å²) < 4.78 is 56.6. The molecular formula is C12H15F3O. The molecule has 0 bridgehead atoms. The van der Waals surface area contributed by atoms with E-state index in [9.17, 15) is 13.2 Å². The van der Waals surface area contributed by atoms with Crippen molar-refractivity contribution < 1.29 is 20.6 Å². The summed E-state index contributed by atoms with van der Waals surface area (Å²) in [4.78, 5) is 0. The number of ether oxygens (including phenoxy) is 1. The van der Waals surface area contributed by atoms with Crippen LogP contribution in [0, 0.1) is 5.41 Å². The Kier molecular flexibility index (Phi) is 2.72. The van der Waals surface area contributed by atoms with Gasteiger partial charge in [-0.3, -0.25) is 0 Å². The Balaban J connectivity index is 3.26. The molecule has 1 nitrogen and oxygen atoms in total. The zero-order valence-electron chi connectivity index (χ0n) is 11.4. The van der Waals surface area contributed by atoms with Crippen LogP contribution in [-0.2, 0) is 6.37 Å². The van der Waals surface area contributed by atoms with Crippen LogP contribution in [0.25, 0.3) is 0 Å². The highest BCUT2D eigenvalue weighted by Crippen LogP contribution is 2.30. The predicted octanol–water partition coefficient (Wildman–Crippen LogP) is 4.17. The highest BCUT2D eigenvalue weighted by Gasteiger charge is 2.32. The maximum absolute atomic E-state index is 12.3. The molecule has 90 valence electrons. The van der Waals surface area contributed by atoms with Gasteiger partial charge in [0.2, 0.25) is 0 Å². The van der Waals surface area contributed by atoms with Crippen LogP contribution < -0.4 is 4.74 Å². The van der Waals surface area contributed by atoms with Gasteiger partial charge < -0.3 is 4.74 Å². The average molecular weight is 234 g/mol. The van der Waals surface area contributed by atoms with Crippen LogP contribution in [0.2, 0.25) is 0 Å². The van der Waals surface area contributed by atoms with Crippen LogP contribution in [0.1, 0.15) is 29.1 Å². The lowest BCUT2D eigenvalue weighted by Gasteiger charge is -2.20. The molecular weight excluding hydrogens is 217 g/mol. The number of halogens is 3. The van der Waals surface area contributed by atoms with Crippen LogP contribution in [-0.4, -0.2) is 6.36 Å². The Bertz CT molecular complexity index is 422. The quantitative estimate of drug-likeness (QED) is 0.746. The van der Waals surface area contributed by atoms with Crippen LogP contribution >= 0.6 is 0 Å². The fraction of sp³-hybridized carbons (Fsp3) is 0.500. The van der Waals surface area contributed by atoms with E-state index in [1.54, 1.807) is 20.8 Å². The summed E-state index contributed by atoms with van der Waals surface area (Å²) in [5.74, 6) is -0.495. The van der Waals surface area contributed by atoms with Crippen LogP contribution in [0.4, 0.5) is 13.2 Å². The van der Waals surface area contributed by atoms with Crippen molar-refractivity contribution in [2.24, 2.45) is 5.41 Å². The predicted molar refractivity (Wildman–Crippen MR) is 56.3 cm³/mol. The van der Waals surface area contributed by atoms with Gasteiger partial charge in [0.1, 0.15) is 5.75 Å². The van der Waals surface area contributed by atoms with Gasteiger partial charge in [-0.15, -0.1) is 13.2 Å². The number of para-hydroxylation sites is 1. The monoisotopic (exact) mass is 234 g/mol. The Labute approximate surface area is 96.0 Å². The summed E-state index contributed by atoms with van der Waals surface area (Å²) in [6.45, 7) is 4.87. The first kappa shape index (κ1) is 10.00. The average Bonchev–Trinajstić information content (AvgIpc) is 2.13. The zero-order valence-corrected chi connectivity index (χ0v) is 9.35. The smallest absolute Gasteiger partial charge is 0.406 e. The first-order chi connectivity index (χ1) is 7.95. The Morgan fingerprint density at radius 3 is 2.25 bits per heavy atom. The van der Waals surface area contributed by atoms with Crippen molar-refractivity contribution in [3.8, 4) is 5.75 Å². The minimum Gasteiger partial charge on any atom is -0.406 e. The van der Waals surface area contributed by atoms with Gasteiger partial charge in [-0.05, 0) is 23.4 Å². The molecule has 1 aromatic rings. The summed E-state index contributed by atoms with van der Waals surface area (Å²) in [7, 11) is 0. The van der Waals surface area contributed by atoms with Gasteiger partial charge in [0.15, 0.2) is 0 Å². The first-order valence-corrected chi connectivity index (χ1v) is 4.80. The number of hydrogen-bond donors (Lipinski definition) is 0. The molecule has 0 spiro atoms. The third kappa shape index (κ3) is 4.55. The molecule has 0 heterocycles. The first-order valence-electron chi connectivity index (χ1n) is 5.80. The largest absolute Gasteiger partial charge is 0.573 e. The molecule has 0 saturated carbocycles. The standard InChI is InChI=1S/C12H15F3O/c1-11(2,3)8-9-6-4-5-7-10(9)16-12(13,14)15/h4-7H,8H2,1-3H3/i8D2. The minimum atomic E-state index is -4.83. The summed E-state index contributed by atoms with van der Waals surface area (Å²) in [5.41, 5.74) is -0.951. The molecule has 0 amide bonds. The van der Waals surface area contributed by atoms with Gasteiger partial charge in [-0.25, -0.2) is 0 Å². The van der Waals surface area contributed by atoms with Crippen molar-refractivity contribution in [2.75, 3.05) is 0 Å². The fourth-order valence-electron chi connectivity index (χ4n) is 1.19. The van der Waals surface area contributed by atoms with Crippen molar-refractivity contribution in [1.82, 2.24) is 0 Å². The lowest BCUT2D eigenvalue weighted by atomic mass is 9.88. The molecule has 0 aliphatic carbocycles. The molecule has 1 aromatic carbocycles. The van der Waals surface area contributed by atoms with Gasteiger partial charge in [-0.2, -0.15) is 0 Å². The van der Waals surface area contributed by atoms with Crippen LogP contribution in [0.5, 0.6) is 5.75 Å². The molecule has 16 heavy (non-hydrogen) atoms. The van der Waals surface area contributed by atoms with E-state index in [1.807, 2.05) is 0 Å². The topological polar surface area (TPSA) is 9.23 Å². The minimum absolute atomic E-state index is 0.102. The van der Waals surface area contributed by atoms with Crippen molar-refractivity contribution in [2.45, 2.75) is 33.5 Å². The van der Waals surface area contributed by atoms with E-state index < -0.39 is 23.9 Å². The van der Waals surface area contributed by atoms with Crippen LogP contribution in [0.3, 0.4) is 0 Å². The SMILES string of the molecule is [2H]C([2H])(c1ccccc1OC(F)(F)F)C(C)(C)C. The second-order valence-corrected chi connectivity index (χ2v) is 4.42. The summed E-state index contributed by atoms with van der Waals surface area (Å²) in [6.07, 6.45) is -6.76. The molecule has 0 radical (unpaired) electrons. The molecule has 0 atom stereocenters. The second kappa shape index (κ2) is 4.36. The molecule has 0 aliphatic heterocycles. The molecule has 0 fully saturated rings. The number of benzene rings is 1. The lowest BCUT2D eigenvalue weighted by molar-refractivity contribution is -0.275. The van der Waals surface area contributed by atoms with Crippen molar-refractivity contribution in [1.29, 1.82) is 0 Å². The van der Waals surface area contributed by atoms with E-state index >= 15 is 0 Å². The van der Waals surface area contributed by atoms with E-state index in [0.717, 1.165) is 6.07 Å². The fourth-order valence-corrected chi connectivity index (χ4v) is 1.19. The Morgan fingerprint density at radius 1 is 1.19 bits per heavy atom. The van der Waals surface area contributed by atoms with Crippen molar-refractivity contribution in [3.05, 3.63) is 29.8 Å². The normalized spacial score (nSPS) is 15.4. The summed E-state index contributed by atoms with van der Waals surface area (Å²) >= 11 is 0. The summed E-state index contributed by atoms with van der Waals surface area (Å²) in [5, 5.41) is 0. The van der Waals surface area contributed by atoms with Gasteiger partial charge in [0, 0.05) is 2.74 Å². The molecule has 0 saturated heterocycles. The number of alkyl halides is 3.